The molecule has 1 saturated heterocycles. The van der Waals surface area contributed by atoms with E-state index < -0.39 is 6.04 Å². The summed E-state index contributed by atoms with van der Waals surface area (Å²) in [5.41, 5.74) is 1.56. The standard InChI is InChI=1S/C20H30N4O3/c1-14(2)18(22-19(26)16-7-5-6-15(3)12-16)20(27)24-10-8-23(9-11-24)13-17(25)21-4/h5-7,12,14,18H,8-11,13H2,1-4H3,(H,21,25)(H,22,26). The summed E-state index contributed by atoms with van der Waals surface area (Å²) in [7, 11) is 1.62. The van der Waals surface area contributed by atoms with Gasteiger partial charge in [-0.1, -0.05) is 31.5 Å². The van der Waals surface area contributed by atoms with Crippen molar-refractivity contribution in [1.29, 1.82) is 0 Å². The predicted octanol–water partition coefficient (Wildman–Crippen LogP) is 0.640. The number of aryl methyl sites for hydroxylation is 1. The lowest BCUT2D eigenvalue weighted by molar-refractivity contribution is -0.136. The minimum absolute atomic E-state index is 0.0184. The molecule has 0 radical (unpaired) electrons. The van der Waals surface area contributed by atoms with E-state index in [4.69, 9.17) is 0 Å². The maximum Gasteiger partial charge on any atom is 0.251 e. The highest BCUT2D eigenvalue weighted by atomic mass is 16.2. The number of amides is 3. The van der Waals surface area contributed by atoms with Crippen LogP contribution in [-0.4, -0.2) is 73.3 Å². The van der Waals surface area contributed by atoms with E-state index in [1.807, 2.05) is 43.9 Å². The molecule has 1 heterocycles. The van der Waals surface area contributed by atoms with E-state index in [1.165, 1.54) is 0 Å². The quantitative estimate of drug-likeness (QED) is 0.766. The number of hydrogen-bond donors (Lipinski definition) is 2. The zero-order chi connectivity index (χ0) is 20.0. The van der Waals surface area contributed by atoms with Gasteiger partial charge >= 0.3 is 0 Å². The first-order chi connectivity index (χ1) is 12.8. The lowest BCUT2D eigenvalue weighted by Gasteiger charge is -2.37. The van der Waals surface area contributed by atoms with Crippen LogP contribution in [-0.2, 0) is 9.59 Å². The molecule has 0 saturated carbocycles. The molecule has 27 heavy (non-hydrogen) atoms. The number of carbonyl (C=O) groups is 3. The summed E-state index contributed by atoms with van der Waals surface area (Å²) < 4.78 is 0. The molecule has 1 aliphatic heterocycles. The highest BCUT2D eigenvalue weighted by Gasteiger charge is 2.31. The van der Waals surface area contributed by atoms with E-state index in [1.54, 1.807) is 18.0 Å². The normalized spacial score (nSPS) is 16.1. The van der Waals surface area contributed by atoms with Gasteiger partial charge in [0.1, 0.15) is 6.04 Å². The molecule has 1 aromatic carbocycles. The molecule has 2 N–H and O–H groups in total. The van der Waals surface area contributed by atoms with Gasteiger partial charge < -0.3 is 15.5 Å². The molecule has 148 valence electrons. The third-order valence-corrected chi connectivity index (χ3v) is 4.83. The lowest BCUT2D eigenvalue weighted by atomic mass is 10.0. The molecular formula is C20H30N4O3. The van der Waals surface area contributed by atoms with E-state index in [0.29, 0.717) is 38.3 Å². The summed E-state index contributed by atoms with van der Waals surface area (Å²) >= 11 is 0. The topological polar surface area (TPSA) is 81.8 Å². The van der Waals surface area contributed by atoms with Crippen LogP contribution in [0.15, 0.2) is 24.3 Å². The Kier molecular flexibility index (Phi) is 7.36. The predicted molar refractivity (Wildman–Crippen MR) is 104 cm³/mol. The van der Waals surface area contributed by atoms with Crippen molar-refractivity contribution >= 4 is 17.7 Å². The Morgan fingerprint density at radius 1 is 1.11 bits per heavy atom. The van der Waals surface area contributed by atoms with E-state index in [0.717, 1.165) is 5.56 Å². The van der Waals surface area contributed by atoms with Crippen LogP contribution in [0.1, 0.15) is 29.8 Å². The third-order valence-electron chi connectivity index (χ3n) is 4.83. The summed E-state index contributed by atoms with van der Waals surface area (Å²) in [6.07, 6.45) is 0. The highest BCUT2D eigenvalue weighted by Crippen LogP contribution is 2.12. The Balaban J connectivity index is 1.97. The van der Waals surface area contributed by atoms with Crippen molar-refractivity contribution < 1.29 is 14.4 Å². The van der Waals surface area contributed by atoms with Gasteiger partial charge in [-0.25, -0.2) is 0 Å². The zero-order valence-corrected chi connectivity index (χ0v) is 16.6. The van der Waals surface area contributed by atoms with Gasteiger partial charge in [0.2, 0.25) is 11.8 Å². The van der Waals surface area contributed by atoms with Gasteiger partial charge in [0.05, 0.1) is 6.54 Å². The molecule has 0 spiro atoms. The SMILES string of the molecule is CNC(=O)CN1CCN(C(=O)C(NC(=O)c2cccc(C)c2)C(C)C)CC1. The van der Waals surface area contributed by atoms with Crippen LogP contribution in [0.3, 0.4) is 0 Å². The number of rotatable bonds is 6. The number of hydrogen-bond acceptors (Lipinski definition) is 4. The Hall–Kier alpha value is -2.41. The maximum atomic E-state index is 13.0. The first kappa shape index (κ1) is 20.9. The van der Waals surface area contributed by atoms with Gasteiger partial charge in [-0.3, -0.25) is 19.3 Å². The van der Waals surface area contributed by atoms with Crippen molar-refractivity contribution in [1.82, 2.24) is 20.4 Å². The van der Waals surface area contributed by atoms with Gasteiger partial charge in [-0.15, -0.1) is 0 Å². The van der Waals surface area contributed by atoms with Crippen molar-refractivity contribution in [2.24, 2.45) is 5.92 Å². The first-order valence-corrected chi connectivity index (χ1v) is 9.41. The monoisotopic (exact) mass is 374 g/mol. The molecule has 1 aliphatic rings. The van der Waals surface area contributed by atoms with Crippen molar-refractivity contribution in [3.63, 3.8) is 0 Å². The fourth-order valence-corrected chi connectivity index (χ4v) is 3.13. The second kappa shape index (κ2) is 9.50. The molecule has 2 rings (SSSR count). The smallest absolute Gasteiger partial charge is 0.251 e. The summed E-state index contributed by atoms with van der Waals surface area (Å²) in [5.74, 6) is -0.343. The molecule has 1 aromatic rings. The van der Waals surface area contributed by atoms with Crippen LogP contribution >= 0.6 is 0 Å². The molecule has 0 aliphatic carbocycles. The Morgan fingerprint density at radius 3 is 2.33 bits per heavy atom. The average molecular weight is 374 g/mol. The Morgan fingerprint density at radius 2 is 1.78 bits per heavy atom. The molecule has 1 atom stereocenters. The summed E-state index contributed by atoms with van der Waals surface area (Å²) in [5, 5.41) is 5.51. The van der Waals surface area contributed by atoms with Crippen molar-refractivity contribution in [2.75, 3.05) is 39.8 Å². The van der Waals surface area contributed by atoms with Gasteiger partial charge in [-0.2, -0.15) is 0 Å². The van der Waals surface area contributed by atoms with Crippen LogP contribution in [0.4, 0.5) is 0 Å². The van der Waals surface area contributed by atoms with Crippen LogP contribution in [0, 0.1) is 12.8 Å². The Bertz CT molecular complexity index is 682. The van der Waals surface area contributed by atoms with Crippen LogP contribution in [0.25, 0.3) is 0 Å². The second-order valence-electron chi connectivity index (χ2n) is 7.34. The molecule has 0 bridgehead atoms. The fraction of sp³-hybridized carbons (Fsp3) is 0.550. The molecular weight excluding hydrogens is 344 g/mol. The fourth-order valence-electron chi connectivity index (χ4n) is 3.13. The van der Waals surface area contributed by atoms with Crippen LogP contribution in [0.5, 0.6) is 0 Å². The number of piperazine rings is 1. The van der Waals surface area contributed by atoms with Gasteiger partial charge in [0.15, 0.2) is 0 Å². The van der Waals surface area contributed by atoms with Crippen LogP contribution < -0.4 is 10.6 Å². The van der Waals surface area contributed by atoms with Crippen molar-refractivity contribution in [3.05, 3.63) is 35.4 Å². The molecule has 1 fully saturated rings. The molecule has 7 nitrogen and oxygen atoms in total. The number of benzene rings is 1. The summed E-state index contributed by atoms with van der Waals surface area (Å²) in [6, 6.07) is 6.77. The van der Waals surface area contributed by atoms with Gasteiger partial charge in [0.25, 0.3) is 5.91 Å². The van der Waals surface area contributed by atoms with E-state index in [-0.39, 0.29) is 23.6 Å². The minimum atomic E-state index is -0.566. The summed E-state index contributed by atoms with van der Waals surface area (Å²) in [6.45, 7) is 8.54. The number of nitrogens with one attached hydrogen (secondary N) is 2. The Labute approximate surface area is 161 Å². The van der Waals surface area contributed by atoms with Crippen molar-refractivity contribution in [3.8, 4) is 0 Å². The summed E-state index contributed by atoms with van der Waals surface area (Å²) in [4.78, 5) is 40.8. The molecule has 7 heteroatoms. The average Bonchev–Trinajstić information content (AvgIpc) is 2.65. The highest BCUT2D eigenvalue weighted by molar-refractivity contribution is 5.97. The minimum Gasteiger partial charge on any atom is -0.358 e. The van der Waals surface area contributed by atoms with Gasteiger partial charge in [-0.05, 0) is 25.0 Å². The molecule has 3 amide bonds. The third kappa shape index (κ3) is 5.79. The number of carbonyl (C=O) groups excluding carboxylic acids is 3. The van der Waals surface area contributed by atoms with E-state index >= 15 is 0 Å². The van der Waals surface area contributed by atoms with E-state index in [9.17, 15) is 14.4 Å². The van der Waals surface area contributed by atoms with Crippen LogP contribution in [0.2, 0.25) is 0 Å². The van der Waals surface area contributed by atoms with Crippen molar-refractivity contribution in [2.45, 2.75) is 26.8 Å². The largest absolute Gasteiger partial charge is 0.358 e. The number of nitrogens with zero attached hydrogens (tertiary/aromatic N) is 2. The lowest BCUT2D eigenvalue weighted by Crippen LogP contribution is -2.57. The molecule has 0 aromatic heterocycles. The van der Waals surface area contributed by atoms with E-state index in [2.05, 4.69) is 10.6 Å². The zero-order valence-electron chi connectivity index (χ0n) is 16.6. The van der Waals surface area contributed by atoms with Gasteiger partial charge in [0, 0.05) is 38.8 Å². The number of likely N-dealkylation sites (N-methyl/N-ethyl adjacent to an activating group) is 1. The molecule has 1 unspecified atom stereocenters. The first-order valence-electron chi connectivity index (χ1n) is 9.41. The second-order valence-corrected chi connectivity index (χ2v) is 7.34. The maximum absolute atomic E-state index is 13.0.